The normalized spacial score (nSPS) is 14.0. The topological polar surface area (TPSA) is 116 Å². The minimum absolute atomic E-state index is 0.0570. The molecule has 14 heteroatoms. The fourth-order valence-electron chi connectivity index (χ4n) is 5.49. The van der Waals surface area contributed by atoms with E-state index in [1.54, 1.807) is 25.4 Å². The van der Waals surface area contributed by atoms with Gasteiger partial charge >= 0.3 is 6.09 Å². The van der Waals surface area contributed by atoms with Crippen LogP contribution in [0.5, 0.6) is 5.75 Å². The molecule has 5 rings (SSSR count). The third kappa shape index (κ3) is 8.85. The summed E-state index contributed by atoms with van der Waals surface area (Å²) in [6.07, 6.45) is 0.923. The van der Waals surface area contributed by atoms with Crippen LogP contribution in [-0.4, -0.2) is 71.3 Å². The molecule has 1 aromatic carbocycles. The lowest BCUT2D eigenvalue weighted by molar-refractivity contribution is 0.0172. The van der Waals surface area contributed by atoms with Crippen LogP contribution in [0.3, 0.4) is 0 Å². The van der Waals surface area contributed by atoms with Crippen LogP contribution in [0.2, 0.25) is 28.2 Å². The number of aromatic nitrogens is 4. The second-order valence-corrected chi connectivity index (χ2v) is 21.1. The molecule has 4 aromatic rings. The molecule has 0 fully saturated rings. The Morgan fingerprint density at radius 1 is 1.08 bits per heavy atom. The number of fused-ring (bicyclic) bond motifs is 1. The van der Waals surface area contributed by atoms with Gasteiger partial charge in [-0.25, -0.2) is 14.8 Å². The van der Waals surface area contributed by atoms with E-state index in [2.05, 4.69) is 55.0 Å². The maximum absolute atomic E-state index is 12.9. The number of anilines is 1. The summed E-state index contributed by atoms with van der Waals surface area (Å²) in [6, 6.07) is 9.34. The second kappa shape index (κ2) is 14.7. The molecule has 1 aliphatic heterocycles. The molecule has 51 heavy (non-hydrogen) atoms. The first-order valence-electron chi connectivity index (χ1n) is 17.0. The Morgan fingerprint density at radius 3 is 2.43 bits per heavy atom. The quantitative estimate of drug-likeness (QED) is 0.145. The van der Waals surface area contributed by atoms with Crippen LogP contribution >= 0.6 is 23.2 Å². The average molecular weight is 756 g/mol. The maximum Gasteiger partial charge on any atom is 0.410 e. The van der Waals surface area contributed by atoms with Crippen LogP contribution < -0.4 is 9.64 Å². The van der Waals surface area contributed by atoms with E-state index >= 15 is 0 Å². The molecule has 4 heterocycles. The molecule has 1 atom stereocenters. The van der Waals surface area contributed by atoms with Crippen molar-refractivity contribution in [3.05, 3.63) is 69.3 Å². The van der Waals surface area contributed by atoms with Crippen molar-refractivity contribution >= 4 is 43.4 Å². The molecular weight excluding hydrogens is 707 g/mol. The lowest BCUT2D eigenvalue weighted by Crippen LogP contribution is -2.49. The Kier molecular flexibility index (Phi) is 11.1. The summed E-state index contributed by atoms with van der Waals surface area (Å²) in [4.78, 5) is 31.0. The third-order valence-electron chi connectivity index (χ3n) is 9.15. The number of aryl methyl sites for hydroxylation is 2. The molecule has 0 aliphatic carbocycles. The molecule has 0 N–H and O–H groups in total. The molecule has 11 nitrogen and oxygen atoms in total. The van der Waals surface area contributed by atoms with Gasteiger partial charge in [0.15, 0.2) is 20.0 Å². The number of hydrogen-bond donors (Lipinski definition) is 0. The Hall–Kier alpha value is -3.71. The number of carbonyl (C=O) groups is 1. The number of benzene rings is 1. The summed E-state index contributed by atoms with van der Waals surface area (Å²) >= 11 is 14.0. The monoisotopic (exact) mass is 754 g/mol. The molecular formula is C37H48Cl2N6O5Si. The largest absolute Gasteiger partial charge is 0.491 e. The van der Waals surface area contributed by atoms with E-state index in [1.165, 1.54) is 4.90 Å². The summed E-state index contributed by atoms with van der Waals surface area (Å²) in [5.74, 6) is 2.03. The number of likely N-dealkylation sites (N-methyl/N-ethyl adjacent to an activating group) is 1. The van der Waals surface area contributed by atoms with E-state index in [0.29, 0.717) is 68.8 Å². The van der Waals surface area contributed by atoms with E-state index in [-0.39, 0.29) is 18.2 Å². The number of ether oxygens (including phenoxy) is 2. The zero-order chi connectivity index (χ0) is 37.5. The first kappa shape index (κ1) is 38.5. The third-order valence-corrected chi connectivity index (χ3v) is 14.4. The van der Waals surface area contributed by atoms with Gasteiger partial charge in [0.25, 0.3) is 0 Å². The molecule has 0 saturated heterocycles. The number of pyridine rings is 1. The zero-order valence-corrected chi connectivity index (χ0v) is 33.9. The Labute approximate surface area is 311 Å². The molecule has 1 aliphatic rings. The Morgan fingerprint density at radius 2 is 1.80 bits per heavy atom. The Balaban J connectivity index is 1.49. The summed E-state index contributed by atoms with van der Waals surface area (Å²) in [5.41, 5.74) is 3.85. The standard InChI is InChI=1S/C37H48Cl2N6O5Si/c1-22-30(23(2)49-43-22)32-31(39)34(45-18-24-13-12-16-40-29(24)20-45)42-33(41-32)27-17-25(14-15-28(27)38)47-21-26(50-51(10,11)37(6,7)8)19-44(9)35(46)48-36(3,4)5/h12-17,26H,18-21H2,1-11H3/t26-/m1/s1. The number of amides is 1. The van der Waals surface area contributed by atoms with Crippen molar-refractivity contribution in [1.29, 1.82) is 0 Å². The van der Waals surface area contributed by atoms with E-state index < -0.39 is 26.1 Å². The van der Waals surface area contributed by atoms with E-state index in [0.717, 1.165) is 11.3 Å². The van der Waals surface area contributed by atoms with Crippen molar-refractivity contribution in [2.75, 3.05) is 25.1 Å². The predicted molar refractivity (Wildman–Crippen MR) is 203 cm³/mol. The maximum atomic E-state index is 12.9. The van der Waals surface area contributed by atoms with Crippen LogP contribution in [-0.2, 0) is 22.3 Å². The van der Waals surface area contributed by atoms with Gasteiger partial charge < -0.3 is 28.2 Å². The highest BCUT2D eigenvalue weighted by Gasteiger charge is 2.40. The van der Waals surface area contributed by atoms with Crippen molar-refractivity contribution in [3.63, 3.8) is 0 Å². The van der Waals surface area contributed by atoms with Crippen LogP contribution in [0.4, 0.5) is 10.6 Å². The van der Waals surface area contributed by atoms with Gasteiger partial charge in [-0.2, -0.15) is 0 Å². The number of carbonyl (C=O) groups excluding carboxylic acids is 1. The first-order valence-corrected chi connectivity index (χ1v) is 20.6. The van der Waals surface area contributed by atoms with Gasteiger partial charge in [0.1, 0.15) is 34.4 Å². The molecule has 0 spiro atoms. The van der Waals surface area contributed by atoms with Crippen molar-refractivity contribution in [1.82, 2.24) is 25.0 Å². The van der Waals surface area contributed by atoms with Crippen molar-refractivity contribution < 1.29 is 23.2 Å². The van der Waals surface area contributed by atoms with Gasteiger partial charge in [-0.05, 0) is 82.6 Å². The summed E-state index contributed by atoms with van der Waals surface area (Å²) in [5, 5.41) is 4.91. The molecule has 0 bridgehead atoms. The van der Waals surface area contributed by atoms with Gasteiger partial charge in [0.2, 0.25) is 0 Å². The fourth-order valence-corrected chi connectivity index (χ4v) is 7.32. The fraction of sp³-hybridized carbons (Fsp3) is 0.486. The minimum atomic E-state index is -2.25. The highest BCUT2D eigenvalue weighted by molar-refractivity contribution is 6.74. The van der Waals surface area contributed by atoms with E-state index in [4.69, 9.17) is 51.6 Å². The van der Waals surface area contributed by atoms with Gasteiger partial charge in [0.05, 0.1) is 41.2 Å². The minimum Gasteiger partial charge on any atom is -0.491 e. The molecule has 0 unspecified atom stereocenters. The molecule has 0 radical (unpaired) electrons. The van der Waals surface area contributed by atoms with Gasteiger partial charge in [0, 0.05) is 25.4 Å². The number of rotatable bonds is 10. The SMILES string of the molecule is Cc1noc(C)c1-c1nc(-c2cc(OC[C@@H](CN(C)C(=O)OC(C)(C)C)O[Si](C)(C)C(C)(C)C)ccc2Cl)nc(N2Cc3cccnc3C2)c1Cl. The predicted octanol–water partition coefficient (Wildman–Crippen LogP) is 9.27. The van der Waals surface area contributed by atoms with Crippen molar-refractivity contribution in [2.45, 2.75) is 98.3 Å². The van der Waals surface area contributed by atoms with Gasteiger partial charge in [-0.15, -0.1) is 0 Å². The second-order valence-electron chi connectivity index (χ2n) is 15.5. The lowest BCUT2D eigenvalue weighted by Gasteiger charge is -2.40. The number of halogens is 2. The summed E-state index contributed by atoms with van der Waals surface area (Å²) in [6.45, 7) is 21.7. The van der Waals surface area contributed by atoms with Crippen LogP contribution in [0.1, 0.15) is 64.3 Å². The number of nitrogens with zero attached hydrogens (tertiary/aromatic N) is 6. The molecule has 274 valence electrons. The summed E-state index contributed by atoms with van der Waals surface area (Å²) in [7, 11) is -0.546. The zero-order valence-electron chi connectivity index (χ0n) is 31.4. The average Bonchev–Trinajstić information content (AvgIpc) is 3.61. The first-order chi connectivity index (χ1) is 23.7. The highest BCUT2D eigenvalue weighted by Crippen LogP contribution is 2.42. The van der Waals surface area contributed by atoms with Crippen LogP contribution in [0.15, 0.2) is 41.1 Å². The highest BCUT2D eigenvalue weighted by atomic mass is 35.5. The number of hydrogen-bond acceptors (Lipinski definition) is 10. The molecule has 0 saturated carbocycles. The van der Waals surface area contributed by atoms with Crippen molar-refractivity contribution in [2.24, 2.45) is 0 Å². The van der Waals surface area contributed by atoms with Crippen LogP contribution in [0, 0.1) is 13.8 Å². The lowest BCUT2D eigenvalue weighted by atomic mass is 10.1. The van der Waals surface area contributed by atoms with Gasteiger partial charge in [-0.3, -0.25) is 4.98 Å². The smallest absolute Gasteiger partial charge is 0.410 e. The van der Waals surface area contributed by atoms with Crippen LogP contribution in [0.25, 0.3) is 22.6 Å². The Bertz CT molecular complexity index is 1860. The van der Waals surface area contributed by atoms with Crippen molar-refractivity contribution in [3.8, 4) is 28.4 Å². The van der Waals surface area contributed by atoms with E-state index in [1.807, 2.05) is 46.8 Å². The van der Waals surface area contributed by atoms with E-state index in [9.17, 15) is 4.79 Å². The summed E-state index contributed by atoms with van der Waals surface area (Å²) < 4.78 is 24.3. The molecule has 1 amide bonds. The molecule has 3 aromatic heterocycles. The van der Waals surface area contributed by atoms with Gasteiger partial charge in [-0.1, -0.05) is 55.2 Å².